The summed E-state index contributed by atoms with van der Waals surface area (Å²) < 4.78 is 13.2. The lowest BCUT2D eigenvalue weighted by Crippen LogP contribution is -2.22. The molecule has 0 aliphatic rings. The Morgan fingerprint density at radius 3 is 2.82 bits per heavy atom. The molecule has 0 amide bonds. The molecule has 0 aromatic carbocycles. The molecule has 1 heterocycles. The van der Waals surface area contributed by atoms with E-state index in [2.05, 4.69) is 30.7 Å². The standard InChI is InChI=1S/C14H21FN2/c1-4-6-17-14(7-11(3)5-2)12-8-13(15)10-16-9-12/h8-10,14,17H,3-7H2,1-2H3. The average molecular weight is 236 g/mol. The Kier molecular flexibility index (Phi) is 5.84. The van der Waals surface area contributed by atoms with Crippen LogP contribution in [0.1, 0.15) is 44.7 Å². The van der Waals surface area contributed by atoms with Gasteiger partial charge < -0.3 is 5.32 Å². The molecule has 1 unspecified atom stereocenters. The molecule has 17 heavy (non-hydrogen) atoms. The lowest BCUT2D eigenvalue weighted by Gasteiger charge is -2.19. The van der Waals surface area contributed by atoms with Gasteiger partial charge in [0.05, 0.1) is 6.20 Å². The molecule has 1 aromatic rings. The van der Waals surface area contributed by atoms with Gasteiger partial charge in [-0.05, 0) is 37.4 Å². The molecule has 0 radical (unpaired) electrons. The minimum absolute atomic E-state index is 0.116. The third-order valence-corrected chi connectivity index (χ3v) is 2.76. The molecule has 0 spiro atoms. The van der Waals surface area contributed by atoms with Gasteiger partial charge in [0, 0.05) is 12.2 Å². The molecule has 1 atom stereocenters. The van der Waals surface area contributed by atoms with E-state index in [1.54, 1.807) is 12.3 Å². The zero-order valence-corrected chi connectivity index (χ0v) is 10.7. The Balaban J connectivity index is 2.77. The second kappa shape index (κ2) is 7.17. The van der Waals surface area contributed by atoms with Gasteiger partial charge in [-0.15, -0.1) is 0 Å². The summed E-state index contributed by atoms with van der Waals surface area (Å²) in [5.41, 5.74) is 2.07. The van der Waals surface area contributed by atoms with E-state index in [9.17, 15) is 4.39 Å². The molecule has 0 saturated carbocycles. The molecule has 1 rings (SSSR count). The van der Waals surface area contributed by atoms with Crippen molar-refractivity contribution < 1.29 is 4.39 Å². The number of halogens is 1. The Bertz CT molecular complexity index is 363. The van der Waals surface area contributed by atoms with Gasteiger partial charge in [0.25, 0.3) is 0 Å². The highest BCUT2D eigenvalue weighted by Gasteiger charge is 2.12. The molecule has 3 heteroatoms. The summed E-state index contributed by atoms with van der Waals surface area (Å²) in [6.45, 7) is 9.13. The van der Waals surface area contributed by atoms with Crippen LogP contribution in [0.2, 0.25) is 0 Å². The first kappa shape index (κ1) is 13.8. The molecule has 2 nitrogen and oxygen atoms in total. The van der Waals surface area contributed by atoms with E-state index in [1.165, 1.54) is 11.8 Å². The summed E-state index contributed by atoms with van der Waals surface area (Å²) in [5, 5.41) is 3.41. The first-order valence-electron chi connectivity index (χ1n) is 6.17. The molecule has 0 fully saturated rings. The maximum absolute atomic E-state index is 13.2. The Labute approximate surface area is 103 Å². The van der Waals surface area contributed by atoms with Gasteiger partial charge in [0.2, 0.25) is 0 Å². The molecular formula is C14H21FN2. The molecule has 0 saturated heterocycles. The molecular weight excluding hydrogens is 215 g/mol. The second-order valence-electron chi connectivity index (χ2n) is 4.25. The van der Waals surface area contributed by atoms with Crippen LogP contribution in [-0.4, -0.2) is 11.5 Å². The van der Waals surface area contributed by atoms with Gasteiger partial charge >= 0.3 is 0 Å². The SMILES string of the molecule is C=C(CC)CC(NCCC)c1cncc(F)c1. The highest BCUT2D eigenvalue weighted by molar-refractivity contribution is 5.17. The van der Waals surface area contributed by atoms with E-state index in [0.717, 1.165) is 31.4 Å². The molecule has 94 valence electrons. The van der Waals surface area contributed by atoms with Gasteiger partial charge in [-0.2, -0.15) is 0 Å². The Morgan fingerprint density at radius 2 is 2.24 bits per heavy atom. The molecule has 1 aromatic heterocycles. The van der Waals surface area contributed by atoms with Gasteiger partial charge in [-0.3, -0.25) is 4.98 Å². The summed E-state index contributed by atoms with van der Waals surface area (Å²) >= 11 is 0. The van der Waals surface area contributed by atoms with E-state index < -0.39 is 0 Å². The Morgan fingerprint density at radius 1 is 1.47 bits per heavy atom. The zero-order valence-electron chi connectivity index (χ0n) is 10.7. The van der Waals surface area contributed by atoms with Gasteiger partial charge in [0.15, 0.2) is 0 Å². The maximum atomic E-state index is 13.2. The fourth-order valence-corrected chi connectivity index (χ4v) is 1.68. The lowest BCUT2D eigenvalue weighted by molar-refractivity contribution is 0.516. The number of hydrogen-bond donors (Lipinski definition) is 1. The molecule has 0 bridgehead atoms. The first-order valence-corrected chi connectivity index (χ1v) is 6.17. The van der Waals surface area contributed by atoms with E-state index >= 15 is 0 Å². The largest absolute Gasteiger partial charge is 0.310 e. The number of pyridine rings is 1. The maximum Gasteiger partial charge on any atom is 0.141 e. The summed E-state index contributed by atoms with van der Waals surface area (Å²) in [6.07, 6.45) is 5.79. The number of nitrogens with one attached hydrogen (secondary N) is 1. The fraction of sp³-hybridized carbons (Fsp3) is 0.500. The van der Waals surface area contributed by atoms with Gasteiger partial charge in [-0.25, -0.2) is 4.39 Å². The van der Waals surface area contributed by atoms with E-state index in [1.807, 2.05) is 0 Å². The average Bonchev–Trinajstić information content (AvgIpc) is 2.34. The van der Waals surface area contributed by atoms with Gasteiger partial charge in [0.1, 0.15) is 5.82 Å². The van der Waals surface area contributed by atoms with E-state index in [0.29, 0.717) is 0 Å². The predicted molar refractivity (Wildman–Crippen MR) is 69.3 cm³/mol. The van der Waals surface area contributed by atoms with Crippen LogP contribution in [-0.2, 0) is 0 Å². The van der Waals surface area contributed by atoms with Crippen LogP contribution in [0.4, 0.5) is 4.39 Å². The predicted octanol–water partition coefficient (Wildman–Crippen LogP) is 3.62. The number of aromatic nitrogens is 1. The summed E-state index contributed by atoms with van der Waals surface area (Å²) in [5.74, 6) is -0.284. The van der Waals surface area contributed by atoms with Crippen LogP contribution in [0.3, 0.4) is 0 Å². The van der Waals surface area contributed by atoms with Crippen LogP contribution in [0.5, 0.6) is 0 Å². The molecule has 0 aliphatic heterocycles. The highest BCUT2D eigenvalue weighted by Crippen LogP contribution is 2.21. The van der Waals surface area contributed by atoms with Gasteiger partial charge in [-0.1, -0.05) is 26.0 Å². The molecule has 1 N–H and O–H groups in total. The summed E-state index contributed by atoms with van der Waals surface area (Å²) in [6, 6.07) is 1.66. The lowest BCUT2D eigenvalue weighted by atomic mass is 9.99. The summed E-state index contributed by atoms with van der Waals surface area (Å²) in [7, 11) is 0. The second-order valence-corrected chi connectivity index (χ2v) is 4.25. The normalized spacial score (nSPS) is 12.4. The van der Waals surface area contributed by atoms with Crippen molar-refractivity contribution in [3.05, 3.63) is 42.0 Å². The fourth-order valence-electron chi connectivity index (χ4n) is 1.68. The van der Waals surface area contributed by atoms with Crippen LogP contribution in [0.25, 0.3) is 0 Å². The van der Waals surface area contributed by atoms with Crippen molar-refractivity contribution in [3.8, 4) is 0 Å². The van der Waals surface area contributed by atoms with Crippen LogP contribution in [0, 0.1) is 5.82 Å². The first-order chi connectivity index (χ1) is 8.17. The van der Waals surface area contributed by atoms with Crippen LogP contribution >= 0.6 is 0 Å². The van der Waals surface area contributed by atoms with Crippen molar-refractivity contribution in [1.82, 2.24) is 10.3 Å². The Hall–Kier alpha value is -1.22. The van der Waals surface area contributed by atoms with Crippen molar-refractivity contribution in [2.75, 3.05) is 6.54 Å². The topological polar surface area (TPSA) is 24.9 Å². The number of hydrogen-bond acceptors (Lipinski definition) is 2. The van der Waals surface area contributed by atoms with Crippen LogP contribution < -0.4 is 5.32 Å². The summed E-state index contributed by atoms with van der Waals surface area (Å²) in [4.78, 5) is 3.90. The van der Waals surface area contributed by atoms with Crippen molar-refractivity contribution >= 4 is 0 Å². The minimum Gasteiger partial charge on any atom is -0.310 e. The van der Waals surface area contributed by atoms with E-state index in [-0.39, 0.29) is 11.9 Å². The van der Waals surface area contributed by atoms with Crippen molar-refractivity contribution in [2.24, 2.45) is 0 Å². The zero-order chi connectivity index (χ0) is 12.7. The third-order valence-electron chi connectivity index (χ3n) is 2.76. The monoisotopic (exact) mass is 236 g/mol. The highest BCUT2D eigenvalue weighted by atomic mass is 19.1. The van der Waals surface area contributed by atoms with Crippen molar-refractivity contribution in [1.29, 1.82) is 0 Å². The van der Waals surface area contributed by atoms with Crippen molar-refractivity contribution in [2.45, 2.75) is 39.2 Å². The minimum atomic E-state index is -0.284. The number of nitrogens with zero attached hydrogens (tertiary/aromatic N) is 1. The third kappa shape index (κ3) is 4.65. The van der Waals surface area contributed by atoms with E-state index in [4.69, 9.17) is 0 Å². The quantitative estimate of drug-likeness (QED) is 0.731. The molecule has 0 aliphatic carbocycles. The van der Waals surface area contributed by atoms with Crippen LogP contribution in [0.15, 0.2) is 30.6 Å². The van der Waals surface area contributed by atoms with Crippen molar-refractivity contribution in [3.63, 3.8) is 0 Å². The smallest absolute Gasteiger partial charge is 0.141 e. The number of rotatable bonds is 7.